The number of non-ortho nitro benzene ring substituents is 1. The molecule has 0 saturated carbocycles. The molecule has 1 N–H and O–H groups in total. The summed E-state index contributed by atoms with van der Waals surface area (Å²) in [7, 11) is 0. The monoisotopic (exact) mass is 357 g/mol. The molecule has 3 aromatic rings. The van der Waals surface area contributed by atoms with Gasteiger partial charge in [0.2, 0.25) is 0 Å². The Kier molecular flexibility index (Phi) is 4.75. The number of hydrogen-bond acceptors (Lipinski definition) is 8. The average Bonchev–Trinajstić information content (AvgIpc) is 3.09. The number of nitro groups is 1. The molecule has 1 aromatic heterocycles. The Morgan fingerprint density at radius 2 is 1.88 bits per heavy atom. The van der Waals surface area contributed by atoms with E-state index in [-0.39, 0.29) is 34.1 Å². The molecule has 0 aliphatic carbocycles. The Balaban J connectivity index is 1.65. The molecule has 2 aromatic carbocycles. The summed E-state index contributed by atoms with van der Waals surface area (Å²) in [6, 6.07) is 11.9. The number of carbonyl (C=O) groups is 1. The van der Waals surface area contributed by atoms with Crippen LogP contribution in [-0.2, 0) is 0 Å². The van der Waals surface area contributed by atoms with Gasteiger partial charge >= 0.3 is 0 Å². The quantitative estimate of drug-likeness (QED) is 0.309. The van der Waals surface area contributed by atoms with E-state index in [0.29, 0.717) is 11.1 Å². The molecule has 9 heteroatoms. The maximum absolute atomic E-state index is 12.1. The topological polar surface area (TPSA) is 119 Å². The fourth-order valence-corrected chi connectivity index (χ4v) is 2.67. The van der Waals surface area contributed by atoms with Crippen LogP contribution in [0.25, 0.3) is 11.5 Å². The number of phenols is 1. The van der Waals surface area contributed by atoms with Gasteiger partial charge in [-0.25, -0.2) is 0 Å². The molecule has 0 atom stereocenters. The fourth-order valence-electron chi connectivity index (χ4n) is 2.01. The molecule has 0 unspecified atom stereocenters. The summed E-state index contributed by atoms with van der Waals surface area (Å²) in [5.41, 5.74) is 0.690. The van der Waals surface area contributed by atoms with Crippen LogP contribution in [0.15, 0.2) is 58.2 Å². The summed E-state index contributed by atoms with van der Waals surface area (Å²) in [5.74, 6) is -0.00419. The van der Waals surface area contributed by atoms with E-state index in [9.17, 15) is 20.0 Å². The van der Waals surface area contributed by atoms with Crippen LogP contribution in [0.4, 0.5) is 5.69 Å². The first-order valence-corrected chi connectivity index (χ1v) is 8.05. The van der Waals surface area contributed by atoms with E-state index in [0.717, 1.165) is 11.8 Å². The van der Waals surface area contributed by atoms with Gasteiger partial charge in [0, 0.05) is 17.7 Å². The van der Waals surface area contributed by atoms with Crippen molar-refractivity contribution >= 4 is 23.2 Å². The number of thioether (sulfide) groups is 1. The summed E-state index contributed by atoms with van der Waals surface area (Å²) in [5, 5.41) is 28.2. The molecule has 0 spiro atoms. The highest BCUT2D eigenvalue weighted by molar-refractivity contribution is 7.99. The molecule has 8 nitrogen and oxygen atoms in total. The number of phenolic OH excluding ortho intramolecular Hbond substituents is 1. The van der Waals surface area contributed by atoms with E-state index < -0.39 is 4.92 Å². The van der Waals surface area contributed by atoms with Gasteiger partial charge in [-0.05, 0) is 24.3 Å². The number of aromatic hydroxyl groups is 1. The third-order valence-corrected chi connectivity index (χ3v) is 4.09. The minimum absolute atomic E-state index is 0.0182. The Hall–Kier alpha value is -3.20. The van der Waals surface area contributed by atoms with Gasteiger partial charge in [0.25, 0.3) is 16.8 Å². The van der Waals surface area contributed by atoms with E-state index in [4.69, 9.17) is 4.42 Å². The Bertz CT molecular complexity index is 924. The molecule has 0 aliphatic rings. The lowest BCUT2D eigenvalue weighted by atomic mass is 10.1. The van der Waals surface area contributed by atoms with Crippen molar-refractivity contribution in [3.8, 4) is 17.2 Å². The molecule has 0 aliphatic heterocycles. The fraction of sp³-hybridized carbons (Fsp3) is 0.0625. The first-order valence-electron chi connectivity index (χ1n) is 7.07. The molecular formula is C16H11N3O5S. The zero-order valence-electron chi connectivity index (χ0n) is 12.7. The van der Waals surface area contributed by atoms with Crippen LogP contribution in [0.5, 0.6) is 5.75 Å². The lowest BCUT2D eigenvalue weighted by molar-refractivity contribution is -0.384. The van der Waals surface area contributed by atoms with Crippen molar-refractivity contribution in [2.75, 3.05) is 5.75 Å². The molecule has 0 amide bonds. The van der Waals surface area contributed by atoms with Crippen molar-refractivity contribution in [2.24, 2.45) is 0 Å². The number of aromatic nitrogens is 2. The summed E-state index contributed by atoms with van der Waals surface area (Å²) in [6.07, 6.45) is 0. The second kappa shape index (κ2) is 7.14. The van der Waals surface area contributed by atoms with Gasteiger partial charge in [0.15, 0.2) is 5.78 Å². The maximum Gasteiger partial charge on any atom is 0.277 e. The van der Waals surface area contributed by atoms with Crippen LogP contribution < -0.4 is 0 Å². The summed E-state index contributed by atoms with van der Waals surface area (Å²) < 4.78 is 5.43. The number of rotatable bonds is 6. The normalized spacial score (nSPS) is 10.6. The summed E-state index contributed by atoms with van der Waals surface area (Å²) >= 11 is 1.05. The van der Waals surface area contributed by atoms with Gasteiger partial charge < -0.3 is 9.52 Å². The van der Waals surface area contributed by atoms with Crippen LogP contribution in [-0.4, -0.2) is 31.8 Å². The predicted molar refractivity (Wildman–Crippen MR) is 89.5 cm³/mol. The molecule has 25 heavy (non-hydrogen) atoms. The van der Waals surface area contributed by atoms with Crippen LogP contribution >= 0.6 is 11.8 Å². The number of ketones is 1. The molecule has 126 valence electrons. The lowest BCUT2D eigenvalue weighted by Gasteiger charge is -1.99. The molecule has 0 saturated heterocycles. The zero-order chi connectivity index (χ0) is 17.8. The van der Waals surface area contributed by atoms with Gasteiger partial charge in [-0.3, -0.25) is 14.9 Å². The molecule has 0 fully saturated rings. The van der Waals surface area contributed by atoms with Crippen LogP contribution in [0.3, 0.4) is 0 Å². The SMILES string of the molecule is O=C(CSc1nnc(-c2ccccc2O)o1)c1ccc([N+](=O)[O-])cc1. The minimum atomic E-state index is -0.526. The van der Waals surface area contributed by atoms with Crippen LogP contribution in [0, 0.1) is 10.1 Å². The number of hydrogen-bond donors (Lipinski definition) is 1. The Morgan fingerprint density at radius 3 is 2.56 bits per heavy atom. The van der Waals surface area contributed by atoms with Gasteiger partial charge in [-0.15, -0.1) is 10.2 Å². The van der Waals surface area contributed by atoms with Crippen molar-refractivity contribution in [1.82, 2.24) is 10.2 Å². The van der Waals surface area contributed by atoms with Gasteiger partial charge in [-0.2, -0.15) is 0 Å². The smallest absolute Gasteiger partial charge is 0.277 e. The third kappa shape index (κ3) is 3.83. The highest BCUT2D eigenvalue weighted by atomic mass is 32.2. The number of carbonyl (C=O) groups excluding carboxylic acids is 1. The summed E-state index contributed by atoms with van der Waals surface area (Å²) in [4.78, 5) is 22.2. The second-order valence-corrected chi connectivity index (χ2v) is 5.83. The Labute approximate surface area is 145 Å². The van der Waals surface area contributed by atoms with E-state index in [1.54, 1.807) is 18.2 Å². The zero-order valence-corrected chi connectivity index (χ0v) is 13.5. The largest absolute Gasteiger partial charge is 0.507 e. The van der Waals surface area contributed by atoms with Crippen molar-refractivity contribution < 1.29 is 19.2 Å². The van der Waals surface area contributed by atoms with Crippen molar-refractivity contribution in [1.29, 1.82) is 0 Å². The van der Waals surface area contributed by atoms with Crippen molar-refractivity contribution in [3.05, 3.63) is 64.2 Å². The van der Waals surface area contributed by atoms with E-state index in [1.165, 1.54) is 30.3 Å². The summed E-state index contributed by atoms with van der Waals surface area (Å²) in [6.45, 7) is 0. The van der Waals surface area contributed by atoms with Gasteiger partial charge in [0.1, 0.15) is 5.75 Å². The number of nitrogens with zero attached hydrogens (tertiary/aromatic N) is 3. The molecule has 1 heterocycles. The predicted octanol–water partition coefficient (Wildman–Crippen LogP) is 3.33. The van der Waals surface area contributed by atoms with E-state index in [1.807, 2.05) is 0 Å². The van der Waals surface area contributed by atoms with E-state index >= 15 is 0 Å². The number of Topliss-reactive ketones (excluding diaryl/α,β-unsaturated/α-hetero) is 1. The molecule has 3 rings (SSSR count). The van der Waals surface area contributed by atoms with Gasteiger partial charge in [0.05, 0.1) is 16.2 Å². The number of para-hydroxylation sites is 1. The molecular weight excluding hydrogens is 346 g/mol. The minimum Gasteiger partial charge on any atom is -0.507 e. The van der Waals surface area contributed by atoms with Crippen molar-refractivity contribution in [3.63, 3.8) is 0 Å². The molecule has 0 bridgehead atoms. The highest BCUT2D eigenvalue weighted by Gasteiger charge is 2.15. The van der Waals surface area contributed by atoms with Crippen LogP contribution in [0.2, 0.25) is 0 Å². The highest BCUT2D eigenvalue weighted by Crippen LogP contribution is 2.29. The van der Waals surface area contributed by atoms with E-state index in [2.05, 4.69) is 10.2 Å². The Morgan fingerprint density at radius 1 is 1.16 bits per heavy atom. The lowest BCUT2D eigenvalue weighted by Crippen LogP contribution is -2.02. The molecule has 0 radical (unpaired) electrons. The first kappa shape index (κ1) is 16.7. The first-order chi connectivity index (χ1) is 12.0. The number of benzene rings is 2. The number of nitro benzene ring substituents is 1. The second-order valence-electron chi connectivity index (χ2n) is 4.91. The maximum atomic E-state index is 12.1. The van der Waals surface area contributed by atoms with Crippen molar-refractivity contribution in [2.45, 2.75) is 5.22 Å². The third-order valence-electron chi connectivity index (χ3n) is 3.27. The standard InChI is InChI=1S/C16H11N3O5S/c20-13-4-2-1-3-12(13)15-17-18-16(24-15)25-9-14(21)10-5-7-11(8-6-10)19(22)23/h1-8,20H,9H2. The van der Waals surface area contributed by atoms with Crippen LogP contribution in [0.1, 0.15) is 10.4 Å². The van der Waals surface area contributed by atoms with Gasteiger partial charge in [-0.1, -0.05) is 23.9 Å². The average molecular weight is 357 g/mol.